The first-order valence-electron chi connectivity index (χ1n) is 9.30. The summed E-state index contributed by atoms with van der Waals surface area (Å²) < 4.78 is 10.8. The van der Waals surface area contributed by atoms with E-state index >= 15 is 0 Å². The van der Waals surface area contributed by atoms with Gasteiger partial charge < -0.3 is 19.5 Å². The molecule has 1 N–H and O–H groups in total. The molecule has 148 valence electrons. The minimum atomic E-state index is -1.02. The number of hydrogen-bond donors (Lipinski definition) is 1. The molecule has 0 radical (unpaired) electrons. The van der Waals surface area contributed by atoms with Crippen LogP contribution < -0.4 is 4.74 Å². The van der Waals surface area contributed by atoms with Gasteiger partial charge in [0.05, 0.1) is 13.2 Å². The molecular formula is C22H25NO5. The minimum absolute atomic E-state index is 0.160. The summed E-state index contributed by atoms with van der Waals surface area (Å²) in [5.41, 5.74) is 3.03. The molecule has 2 aromatic rings. The molecule has 0 bridgehead atoms. The Kier molecular flexibility index (Phi) is 5.99. The number of aliphatic carboxylic acids is 1. The highest BCUT2D eigenvalue weighted by atomic mass is 16.5. The SMILES string of the molecule is COc1ccccc1-c1ccc(C(C)N(C)C(=O)[C@@H]2CC[C@H](C(=O)O)O2)cc1. The molecule has 3 rings (SSSR count). The Bertz CT molecular complexity index is 848. The first kappa shape index (κ1) is 19.9. The molecule has 0 aliphatic carbocycles. The number of nitrogens with zero attached hydrogens (tertiary/aromatic N) is 1. The van der Waals surface area contributed by atoms with Crippen molar-refractivity contribution in [2.75, 3.05) is 14.2 Å². The fourth-order valence-electron chi connectivity index (χ4n) is 3.47. The van der Waals surface area contributed by atoms with Gasteiger partial charge in [0.15, 0.2) is 6.10 Å². The Morgan fingerprint density at radius 1 is 1.11 bits per heavy atom. The van der Waals surface area contributed by atoms with Crippen molar-refractivity contribution in [3.8, 4) is 16.9 Å². The zero-order valence-corrected chi connectivity index (χ0v) is 16.3. The summed E-state index contributed by atoms with van der Waals surface area (Å²) in [5, 5.41) is 9.04. The minimum Gasteiger partial charge on any atom is -0.496 e. The number of benzene rings is 2. The van der Waals surface area contributed by atoms with Crippen LogP contribution in [0.2, 0.25) is 0 Å². The van der Waals surface area contributed by atoms with Gasteiger partial charge in [0.2, 0.25) is 0 Å². The van der Waals surface area contributed by atoms with E-state index in [0.717, 1.165) is 22.4 Å². The highest BCUT2D eigenvalue weighted by Crippen LogP contribution is 2.31. The van der Waals surface area contributed by atoms with E-state index in [0.29, 0.717) is 12.8 Å². The van der Waals surface area contributed by atoms with E-state index in [1.54, 1.807) is 19.1 Å². The molecule has 6 heteroatoms. The Balaban J connectivity index is 1.71. The van der Waals surface area contributed by atoms with Gasteiger partial charge in [-0.05, 0) is 37.0 Å². The van der Waals surface area contributed by atoms with Gasteiger partial charge in [0.1, 0.15) is 11.9 Å². The number of carboxylic acids is 1. The van der Waals surface area contributed by atoms with E-state index in [-0.39, 0.29) is 11.9 Å². The maximum absolute atomic E-state index is 12.7. The van der Waals surface area contributed by atoms with Crippen molar-refractivity contribution in [1.82, 2.24) is 4.90 Å². The number of rotatable bonds is 6. The second kappa shape index (κ2) is 8.44. The number of hydrogen-bond acceptors (Lipinski definition) is 4. The van der Waals surface area contributed by atoms with Gasteiger partial charge in [-0.3, -0.25) is 4.79 Å². The number of amides is 1. The zero-order valence-electron chi connectivity index (χ0n) is 16.3. The van der Waals surface area contributed by atoms with Crippen LogP contribution in [0.1, 0.15) is 31.4 Å². The molecule has 1 saturated heterocycles. The Morgan fingerprint density at radius 3 is 2.36 bits per heavy atom. The van der Waals surface area contributed by atoms with Crippen LogP contribution in [0.5, 0.6) is 5.75 Å². The number of carboxylic acid groups (broad SMARTS) is 1. The highest BCUT2D eigenvalue weighted by Gasteiger charge is 2.37. The number of ether oxygens (including phenoxy) is 2. The predicted octanol–water partition coefficient (Wildman–Crippen LogP) is 3.51. The van der Waals surface area contributed by atoms with Crippen LogP contribution in [0.25, 0.3) is 11.1 Å². The van der Waals surface area contributed by atoms with Crippen LogP contribution in [0.4, 0.5) is 0 Å². The Hall–Kier alpha value is -2.86. The second-order valence-corrected chi connectivity index (χ2v) is 6.98. The molecule has 1 heterocycles. The van der Waals surface area contributed by atoms with Crippen LogP contribution in [-0.4, -0.2) is 48.2 Å². The monoisotopic (exact) mass is 383 g/mol. The molecule has 1 amide bonds. The largest absolute Gasteiger partial charge is 0.496 e. The van der Waals surface area contributed by atoms with Crippen molar-refractivity contribution in [1.29, 1.82) is 0 Å². The van der Waals surface area contributed by atoms with E-state index < -0.39 is 18.2 Å². The molecule has 1 fully saturated rings. The molecule has 28 heavy (non-hydrogen) atoms. The number of carbonyl (C=O) groups excluding carboxylic acids is 1. The second-order valence-electron chi connectivity index (χ2n) is 6.98. The van der Waals surface area contributed by atoms with Crippen molar-refractivity contribution >= 4 is 11.9 Å². The molecule has 1 unspecified atom stereocenters. The lowest BCUT2D eigenvalue weighted by Gasteiger charge is -2.28. The number of carbonyl (C=O) groups is 2. The summed E-state index contributed by atoms with van der Waals surface area (Å²) in [7, 11) is 3.37. The van der Waals surface area contributed by atoms with E-state index in [4.69, 9.17) is 14.6 Å². The van der Waals surface area contributed by atoms with Crippen molar-refractivity contribution < 1.29 is 24.2 Å². The molecule has 0 saturated carbocycles. The van der Waals surface area contributed by atoms with Crippen molar-refractivity contribution in [3.63, 3.8) is 0 Å². The summed E-state index contributed by atoms with van der Waals surface area (Å²) in [6.45, 7) is 1.94. The lowest BCUT2D eigenvalue weighted by atomic mass is 10.00. The summed E-state index contributed by atoms with van der Waals surface area (Å²) in [4.78, 5) is 25.3. The smallest absolute Gasteiger partial charge is 0.332 e. The van der Waals surface area contributed by atoms with E-state index in [9.17, 15) is 9.59 Å². The van der Waals surface area contributed by atoms with Crippen LogP contribution in [0.3, 0.4) is 0 Å². The first-order valence-corrected chi connectivity index (χ1v) is 9.30. The van der Waals surface area contributed by atoms with Gasteiger partial charge in [0, 0.05) is 12.6 Å². The van der Waals surface area contributed by atoms with Crippen molar-refractivity contribution in [3.05, 3.63) is 54.1 Å². The molecule has 0 aromatic heterocycles. The average molecular weight is 383 g/mol. The summed E-state index contributed by atoms with van der Waals surface area (Å²) in [6, 6.07) is 15.7. The van der Waals surface area contributed by atoms with Gasteiger partial charge in [-0.15, -0.1) is 0 Å². The summed E-state index contributed by atoms with van der Waals surface area (Å²) in [6.07, 6.45) is -0.791. The van der Waals surface area contributed by atoms with Crippen molar-refractivity contribution in [2.24, 2.45) is 0 Å². The Morgan fingerprint density at radius 2 is 1.75 bits per heavy atom. The van der Waals surface area contributed by atoms with Crippen LogP contribution >= 0.6 is 0 Å². The van der Waals surface area contributed by atoms with Crippen molar-refractivity contribution in [2.45, 2.75) is 38.0 Å². The van der Waals surface area contributed by atoms with E-state index in [2.05, 4.69) is 0 Å². The van der Waals surface area contributed by atoms with Gasteiger partial charge >= 0.3 is 5.97 Å². The molecule has 1 aliphatic rings. The van der Waals surface area contributed by atoms with E-state index in [1.807, 2.05) is 55.5 Å². The maximum atomic E-state index is 12.7. The maximum Gasteiger partial charge on any atom is 0.332 e. The third-order valence-electron chi connectivity index (χ3n) is 5.31. The molecule has 1 aliphatic heterocycles. The quantitative estimate of drug-likeness (QED) is 0.826. The third kappa shape index (κ3) is 4.02. The van der Waals surface area contributed by atoms with Gasteiger partial charge in [-0.25, -0.2) is 4.79 Å². The van der Waals surface area contributed by atoms with Crippen LogP contribution in [-0.2, 0) is 14.3 Å². The summed E-state index contributed by atoms with van der Waals surface area (Å²) in [5.74, 6) is -0.398. The number of likely N-dealkylation sites (N-methyl/N-ethyl adjacent to an activating group) is 1. The van der Waals surface area contributed by atoms with Gasteiger partial charge in [-0.1, -0.05) is 42.5 Å². The fourth-order valence-corrected chi connectivity index (χ4v) is 3.47. The predicted molar refractivity (Wildman–Crippen MR) is 105 cm³/mol. The van der Waals surface area contributed by atoms with E-state index in [1.165, 1.54) is 0 Å². The molecule has 6 nitrogen and oxygen atoms in total. The van der Waals surface area contributed by atoms with Crippen LogP contribution in [0.15, 0.2) is 48.5 Å². The molecule has 2 aromatic carbocycles. The molecular weight excluding hydrogens is 358 g/mol. The van der Waals surface area contributed by atoms with Crippen LogP contribution in [0, 0.1) is 0 Å². The lowest BCUT2D eigenvalue weighted by Crippen LogP contribution is -2.38. The zero-order chi connectivity index (χ0) is 20.3. The topological polar surface area (TPSA) is 76.1 Å². The van der Waals surface area contributed by atoms with Gasteiger partial charge in [0.25, 0.3) is 5.91 Å². The number of methoxy groups -OCH3 is 1. The highest BCUT2D eigenvalue weighted by molar-refractivity contribution is 5.83. The Labute approximate surface area is 164 Å². The standard InChI is InChI=1S/C22H25NO5/c1-14(23(2)21(24)19-12-13-20(28-19)22(25)26)15-8-10-16(11-9-15)17-6-4-5-7-18(17)27-3/h4-11,14,19-20H,12-13H2,1-3H3,(H,25,26)/t14?,19-,20+/m0/s1. The third-order valence-corrected chi connectivity index (χ3v) is 5.31. The molecule has 3 atom stereocenters. The fraction of sp³-hybridized carbons (Fsp3) is 0.364. The average Bonchev–Trinajstić information content (AvgIpc) is 3.23. The summed E-state index contributed by atoms with van der Waals surface area (Å²) >= 11 is 0. The normalized spacial score (nSPS) is 19.8. The number of para-hydroxylation sites is 1. The first-order chi connectivity index (χ1) is 13.4. The lowest BCUT2D eigenvalue weighted by molar-refractivity contribution is -0.155. The molecule has 0 spiro atoms. The van der Waals surface area contributed by atoms with Gasteiger partial charge in [-0.2, -0.15) is 0 Å².